The van der Waals surface area contributed by atoms with Crippen LogP contribution in [0.1, 0.15) is 11.1 Å². The monoisotopic (exact) mass is 328 g/mol. The molecule has 0 bridgehead atoms. The highest BCUT2D eigenvalue weighted by molar-refractivity contribution is 6.30. The van der Waals surface area contributed by atoms with E-state index in [4.69, 9.17) is 11.6 Å². The molecule has 2 aromatic carbocycles. The first-order valence-electron chi connectivity index (χ1n) is 7.39. The fourth-order valence-electron chi connectivity index (χ4n) is 2.66. The number of carboxylic acid groups (broad SMARTS) is 1. The molecule has 0 aliphatic heterocycles. The summed E-state index contributed by atoms with van der Waals surface area (Å²) in [7, 11) is 0. The zero-order chi connectivity index (χ0) is 16.2. The number of rotatable bonds is 6. The van der Waals surface area contributed by atoms with Crippen LogP contribution < -0.4 is 5.32 Å². The van der Waals surface area contributed by atoms with Crippen LogP contribution in [0.4, 0.5) is 0 Å². The number of H-pyrrole nitrogens is 1. The molecule has 0 radical (unpaired) electrons. The summed E-state index contributed by atoms with van der Waals surface area (Å²) in [6.45, 7) is 0.458. The number of halogens is 1. The normalized spacial score (nSPS) is 12.4. The topological polar surface area (TPSA) is 65.1 Å². The van der Waals surface area contributed by atoms with Gasteiger partial charge in [0.05, 0.1) is 0 Å². The molecular weight excluding hydrogens is 312 g/mol. The zero-order valence-corrected chi connectivity index (χ0v) is 13.2. The molecule has 0 aliphatic rings. The predicted molar refractivity (Wildman–Crippen MR) is 91.7 cm³/mol. The van der Waals surface area contributed by atoms with Gasteiger partial charge in [-0.15, -0.1) is 0 Å². The first-order valence-corrected chi connectivity index (χ1v) is 7.77. The summed E-state index contributed by atoms with van der Waals surface area (Å²) >= 11 is 5.95. The standard InChI is InChI=1S/C18H17ClN2O2/c19-14-5-3-4-12(8-14)10-20-17(18(22)23)9-13-11-21-16-7-2-1-6-15(13)16/h1-8,11,17,20-21H,9-10H2,(H,22,23)/t17-/m1/s1. The Morgan fingerprint density at radius 1 is 1.22 bits per heavy atom. The molecule has 1 atom stereocenters. The van der Waals surface area contributed by atoms with Gasteiger partial charge in [-0.1, -0.05) is 41.9 Å². The van der Waals surface area contributed by atoms with E-state index in [2.05, 4.69) is 10.3 Å². The van der Waals surface area contributed by atoms with Crippen LogP contribution in [0.2, 0.25) is 5.02 Å². The summed E-state index contributed by atoms with van der Waals surface area (Å²) in [5.74, 6) is -0.864. The van der Waals surface area contributed by atoms with E-state index in [0.717, 1.165) is 22.0 Å². The molecule has 5 heteroatoms. The molecule has 1 aromatic heterocycles. The molecule has 0 spiro atoms. The maximum atomic E-state index is 11.6. The Morgan fingerprint density at radius 3 is 2.83 bits per heavy atom. The molecule has 3 rings (SSSR count). The second-order valence-corrected chi connectivity index (χ2v) is 5.90. The van der Waals surface area contributed by atoms with E-state index >= 15 is 0 Å². The van der Waals surface area contributed by atoms with Gasteiger partial charge in [0.2, 0.25) is 0 Å². The van der Waals surface area contributed by atoms with Gasteiger partial charge >= 0.3 is 5.97 Å². The molecular formula is C18H17ClN2O2. The molecule has 118 valence electrons. The van der Waals surface area contributed by atoms with Gasteiger partial charge < -0.3 is 15.4 Å². The molecule has 4 nitrogen and oxygen atoms in total. The van der Waals surface area contributed by atoms with Gasteiger partial charge in [0.25, 0.3) is 0 Å². The van der Waals surface area contributed by atoms with Crippen LogP contribution in [-0.2, 0) is 17.8 Å². The van der Waals surface area contributed by atoms with E-state index in [0.29, 0.717) is 18.0 Å². The lowest BCUT2D eigenvalue weighted by Crippen LogP contribution is -2.38. The maximum Gasteiger partial charge on any atom is 0.321 e. The number of nitrogens with one attached hydrogen (secondary N) is 2. The van der Waals surface area contributed by atoms with Gasteiger partial charge in [-0.25, -0.2) is 0 Å². The van der Waals surface area contributed by atoms with Crippen LogP contribution in [-0.4, -0.2) is 22.1 Å². The van der Waals surface area contributed by atoms with Gasteiger partial charge in [0.1, 0.15) is 6.04 Å². The average molecular weight is 329 g/mol. The Balaban J connectivity index is 1.73. The van der Waals surface area contributed by atoms with E-state index in [9.17, 15) is 9.90 Å². The quantitative estimate of drug-likeness (QED) is 0.647. The summed E-state index contributed by atoms with van der Waals surface area (Å²) < 4.78 is 0. The largest absolute Gasteiger partial charge is 0.480 e. The van der Waals surface area contributed by atoms with Gasteiger partial charge in [0.15, 0.2) is 0 Å². The number of hydrogen-bond donors (Lipinski definition) is 3. The molecule has 0 saturated carbocycles. The van der Waals surface area contributed by atoms with Crippen molar-refractivity contribution in [1.29, 1.82) is 0 Å². The summed E-state index contributed by atoms with van der Waals surface area (Å²) in [4.78, 5) is 14.7. The average Bonchev–Trinajstić information content (AvgIpc) is 2.94. The number of aromatic nitrogens is 1. The van der Waals surface area contributed by atoms with Crippen LogP contribution in [0.5, 0.6) is 0 Å². The molecule has 1 heterocycles. The number of para-hydroxylation sites is 1. The SMILES string of the molecule is O=C(O)[C@@H](Cc1c[nH]c2ccccc12)NCc1cccc(Cl)c1. The Morgan fingerprint density at radius 2 is 2.04 bits per heavy atom. The molecule has 0 aliphatic carbocycles. The van der Waals surface area contributed by atoms with Crippen LogP contribution in [0.15, 0.2) is 54.7 Å². The minimum Gasteiger partial charge on any atom is -0.480 e. The predicted octanol–water partition coefficient (Wildman–Crippen LogP) is 3.61. The lowest BCUT2D eigenvalue weighted by atomic mass is 10.0. The summed E-state index contributed by atoms with van der Waals surface area (Å²) in [6.07, 6.45) is 2.29. The van der Waals surface area contributed by atoms with Crippen molar-refractivity contribution in [2.24, 2.45) is 0 Å². The highest BCUT2D eigenvalue weighted by Gasteiger charge is 2.19. The number of carboxylic acids is 1. The van der Waals surface area contributed by atoms with E-state index in [1.165, 1.54) is 0 Å². The smallest absolute Gasteiger partial charge is 0.321 e. The summed E-state index contributed by atoms with van der Waals surface area (Å²) in [5, 5.41) is 14.3. The van der Waals surface area contributed by atoms with Crippen molar-refractivity contribution in [3.05, 3.63) is 70.9 Å². The number of aromatic amines is 1. The fourth-order valence-corrected chi connectivity index (χ4v) is 2.87. The molecule has 0 unspecified atom stereocenters. The van der Waals surface area contributed by atoms with Crippen LogP contribution in [0, 0.1) is 0 Å². The second kappa shape index (κ2) is 6.86. The van der Waals surface area contributed by atoms with Crippen molar-refractivity contribution in [2.75, 3.05) is 0 Å². The number of aliphatic carboxylic acids is 1. The van der Waals surface area contributed by atoms with Crippen molar-refractivity contribution in [1.82, 2.24) is 10.3 Å². The first kappa shape index (κ1) is 15.6. The van der Waals surface area contributed by atoms with E-state index in [1.807, 2.05) is 48.7 Å². The highest BCUT2D eigenvalue weighted by Crippen LogP contribution is 2.19. The molecule has 3 N–H and O–H groups in total. The number of fused-ring (bicyclic) bond motifs is 1. The summed E-state index contributed by atoms with van der Waals surface area (Å²) in [5.41, 5.74) is 2.97. The van der Waals surface area contributed by atoms with Crippen molar-refractivity contribution in [2.45, 2.75) is 19.0 Å². The highest BCUT2D eigenvalue weighted by atomic mass is 35.5. The zero-order valence-electron chi connectivity index (χ0n) is 12.4. The molecule has 23 heavy (non-hydrogen) atoms. The van der Waals surface area contributed by atoms with Crippen molar-refractivity contribution < 1.29 is 9.90 Å². The number of carbonyl (C=O) groups is 1. The molecule has 0 saturated heterocycles. The second-order valence-electron chi connectivity index (χ2n) is 5.47. The third-order valence-electron chi connectivity index (χ3n) is 3.84. The third-order valence-corrected chi connectivity index (χ3v) is 4.07. The Hall–Kier alpha value is -2.30. The molecule has 3 aromatic rings. The van der Waals surface area contributed by atoms with Crippen LogP contribution in [0.3, 0.4) is 0 Å². The van der Waals surface area contributed by atoms with Crippen molar-refractivity contribution in [3.8, 4) is 0 Å². The minimum absolute atomic E-state index is 0.417. The summed E-state index contributed by atoms with van der Waals surface area (Å²) in [6, 6.07) is 14.6. The fraction of sp³-hybridized carbons (Fsp3) is 0.167. The number of benzene rings is 2. The Labute approximate surface area is 139 Å². The van der Waals surface area contributed by atoms with Crippen LogP contribution >= 0.6 is 11.6 Å². The first-order chi connectivity index (χ1) is 11.1. The molecule has 0 fully saturated rings. The van der Waals surface area contributed by atoms with E-state index in [-0.39, 0.29) is 0 Å². The van der Waals surface area contributed by atoms with Gasteiger partial charge in [-0.05, 0) is 29.3 Å². The van der Waals surface area contributed by atoms with Crippen LogP contribution in [0.25, 0.3) is 10.9 Å². The van der Waals surface area contributed by atoms with Crippen molar-refractivity contribution >= 4 is 28.5 Å². The van der Waals surface area contributed by atoms with Gasteiger partial charge in [0, 0.05) is 35.1 Å². The van der Waals surface area contributed by atoms with Crippen molar-refractivity contribution in [3.63, 3.8) is 0 Å². The van der Waals surface area contributed by atoms with Gasteiger partial charge in [-0.3, -0.25) is 4.79 Å². The Bertz CT molecular complexity index is 829. The molecule has 0 amide bonds. The van der Waals surface area contributed by atoms with E-state index in [1.54, 1.807) is 6.07 Å². The van der Waals surface area contributed by atoms with E-state index < -0.39 is 12.0 Å². The maximum absolute atomic E-state index is 11.6. The van der Waals surface area contributed by atoms with Gasteiger partial charge in [-0.2, -0.15) is 0 Å². The minimum atomic E-state index is -0.864. The lowest BCUT2D eigenvalue weighted by Gasteiger charge is -2.14. The lowest BCUT2D eigenvalue weighted by molar-refractivity contribution is -0.139. The Kier molecular flexibility index (Phi) is 4.65. The number of hydrogen-bond acceptors (Lipinski definition) is 2. The third kappa shape index (κ3) is 3.73.